The Morgan fingerprint density at radius 3 is 2.54 bits per heavy atom. The van der Waals surface area contributed by atoms with E-state index in [0.717, 1.165) is 16.8 Å². The molecule has 0 saturated heterocycles. The van der Waals surface area contributed by atoms with E-state index in [0.29, 0.717) is 25.9 Å². The van der Waals surface area contributed by atoms with Crippen molar-refractivity contribution in [1.82, 2.24) is 10.3 Å². The molecule has 0 aliphatic carbocycles. The Hall–Kier alpha value is -2.95. The number of hydrogen-bond acceptors (Lipinski definition) is 3. The molecule has 1 heterocycles. The third-order valence-electron chi connectivity index (χ3n) is 4.37. The molecule has 5 heteroatoms. The minimum Gasteiger partial charge on any atom is -0.352 e. The molecule has 0 aromatic heterocycles. The van der Waals surface area contributed by atoms with Crippen LogP contribution < -0.4 is 5.32 Å². The van der Waals surface area contributed by atoms with Gasteiger partial charge in [-0.05, 0) is 18.1 Å². The fourth-order valence-electron chi connectivity index (χ4n) is 2.82. The van der Waals surface area contributed by atoms with Gasteiger partial charge in [-0.1, -0.05) is 60.2 Å². The van der Waals surface area contributed by atoms with E-state index in [1.807, 2.05) is 61.5 Å². The predicted molar refractivity (Wildman–Crippen MR) is 102 cm³/mol. The summed E-state index contributed by atoms with van der Waals surface area (Å²) in [5.41, 5.74) is 4.16. The van der Waals surface area contributed by atoms with Gasteiger partial charge in [0, 0.05) is 25.8 Å². The van der Waals surface area contributed by atoms with Gasteiger partial charge in [-0.3, -0.25) is 9.59 Å². The van der Waals surface area contributed by atoms with Crippen LogP contribution in [0.2, 0.25) is 0 Å². The molecular weight excluding hydrogens is 326 g/mol. The summed E-state index contributed by atoms with van der Waals surface area (Å²) in [5, 5.41) is 8.77. The SMILES string of the molecule is Cc1ccc(CNC(=O)CCN2N=C(c3ccccc3)CCC2=O)cc1. The first kappa shape index (κ1) is 17.9. The van der Waals surface area contributed by atoms with Crippen molar-refractivity contribution in [3.8, 4) is 0 Å². The van der Waals surface area contributed by atoms with Crippen LogP contribution >= 0.6 is 0 Å². The topological polar surface area (TPSA) is 61.8 Å². The molecule has 26 heavy (non-hydrogen) atoms. The third-order valence-corrected chi connectivity index (χ3v) is 4.37. The smallest absolute Gasteiger partial charge is 0.243 e. The summed E-state index contributed by atoms with van der Waals surface area (Å²) in [6, 6.07) is 17.9. The Bertz CT molecular complexity index is 798. The lowest BCUT2D eigenvalue weighted by Crippen LogP contribution is -2.35. The zero-order valence-electron chi connectivity index (χ0n) is 14.9. The molecular formula is C21H23N3O2. The van der Waals surface area contributed by atoms with Crippen molar-refractivity contribution in [2.45, 2.75) is 32.7 Å². The van der Waals surface area contributed by atoms with Gasteiger partial charge in [-0.15, -0.1) is 0 Å². The zero-order chi connectivity index (χ0) is 18.4. The van der Waals surface area contributed by atoms with E-state index in [-0.39, 0.29) is 18.2 Å². The van der Waals surface area contributed by atoms with Crippen LogP contribution in [0.5, 0.6) is 0 Å². The summed E-state index contributed by atoms with van der Waals surface area (Å²) in [6.45, 7) is 2.82. The molecule has 0 spiro atoms. The quantitative estimate of drug-likeness (QED) is 0.871. The lowest BCUT2D eigenvalue weighted by atomic mass is 10.0. The Labute approximate surface area is 153 Å². The first-order chi connectivity index (χ1) is 12.6. The normalized spacial score (nSPS) is 14.1. The van der Waals surface area contributed by atoms with Gasteiger partial charge < -0.3 is 5.32 Å². The maximum absolute atomic E-state index is 12.1. The number of carbonyl (C=O) groups is 2. The van der Waals surface area contributed by atoms with Crippen LogP contribution in [0, 0.1) is 6.92 Å². The van der Waals surface area contributed by atoms with E-state index in [9.17, 15) is 9.59 Å². The molecule has 0 unspecified atom stereocenters. The van der Waals surface area contributed by atoms with E-state index < -0.39 is 0 Å². The second-order valence-electron chi connectivity index (χ2n) is 6.44. The van der Waals surface area contributed by atoms with Crippen molar-refractivity contribution in [3.05, 3.63) is 71.3 Å². The van der Waals surface area contributed by atoms with Crippen LogP contribution in [-0.2, 0) is 16.1 Å². The van der Waals surface area contributed by atoms with Crippen LogP contribution in [0.3, 0.4) is 0 Å². The van der Waals surface area contributed by atoms with Gasteiger partial charge in [0.1, 0.15) is 0 Å². The fourth-order valence-corrected chi connectivity index (χ4v) is 2.82. The second kappa shape index (κ2) is 8.43. The number of hydrogen-bond donors (Lipinski definition) is 1. The Morgan fingerprint density at radius 2 is 1.81 bits per heavy atom. The van der Waals surface area contributed by atoms with Crippen molar-refractivity contribution in [2.24, 2.45) is 5.10 Å². The molecule has 134 valence electrons. The molecule has 2 aromatic carbocycles. The molecule has 0 atom stereocenters. The molecule has 1 N–H and O–H groups in total. The molecule has 0 radical (unpaired) electrons. The van der Waals surface area contributed by atoms with Crippen molar-refractivity contribution < 1.29 is 9.59 Å². The van der Waals surface area contributed by atoms with Gasteiger partial charge >= 0.3 is 0 Å². The molecule has 0 saturated carbocycles. The first-order valence-corrected chi connectivity index (χ1v) is 8.87. The molecule has 2 aromatic rings. The average Bonchev–Trinajstić information content (AvgIpc) is 2.67. The molecule has 1 aliphatic rings. The monoisotopic (exact) mass is 349 g/mol. The molecule has 1 aliphatic heterocycles. The van der Waals surface area contributed by atoms with Crippen LogP contribution in [0.1, 0.15) is 36.0 Å². The van der Waals surface area contributed by atoms with Gasteiger partial charge in [0.25, 0.3) is 0 Å². The lowest BCUT2D eigenvalue weighted by molar-refractivity contribution is -0.132. The van der Waals surface area contributed by atoms with Crippen LogP contribution in [-0.4, -0.2) is 29.1 Å². The highest BCUT2D eigenvalue weighted by Crippen LogP contribution is 2.15. The van der Waals surface area contributed by atoms with Gasteiger partial charge in [0.15, 0.2) is 0 Å². The number of nitrogens with zero attached hydrogens (tertiary/aromatic N) is 2. The van der Waals surface area contributed by atoms with Crippen LogP contribution in [0.25, 0.3) is 0 Å². The summed E-state index contributed by atoms with van der Waals surface area (Å²) in [4.78, 5) is 24.2. The summed E-state index contributed by atoms with van der Waals surface area (Å²) < 4.78 is 0. The van der Waals surface area contributed by atoms with E-state index in [2.05, 4.69) is 10.4 Å². The van der Waals surface area contributed by atoms with E-state index in [4.69, 9.17) is 0 Å². The highest BCUT2D eigenvalue weighted by molar-refractivity contribution is 6.04. The third kappa shape index (κ3) is 4.79. The minimum atomic E-state index is -0.0830. The van der Waals surface area contributed by atoms with Crippen molar-refractivity contribution >= 4 is 17.5 Å². The van der Waals surface area contributed by atoms with Crippen molar-refractivity contribution in [1.29, 1.82) is 0 Å². The van der Waals surface area contributed by atoms with Gasteiger partial charge in [0.05, 0.1) is 12.3 Å². The molecule has 0 bridgehead atoms. The van der Waals surface area contributed by atoms with Gasteiger partial charge in [-0.25, -0.2) is 5.01 Å². The lowest BCUT2D eigenvalue weighted by Gasteiger charge is -2.23. The Morgan fingerprint density at radius 1 is 1.08 bits per heavy atom. The number of benzene rings is 2. The maximum Gasteiger partial charge on any atom is 0.243 e. The number of hydrazone groups is 1. The summed E-state index contributed by atoms with van der Waals surface area (Å²) >= 11 is 0. The maximum atomic E-state index is 12.1. The van der Waals surface area contributed by atoms with Crippen molar-refractivity contribution in [3.63, 3.8) is 0 Å². The summed E-state index contributed by atoms with van der Waals surface area (Å²) in [6.07, 6.45) is 1.31. The molecule has 0 fully saturated rings. The summed E-state index contributed by atoms with van der Waals surface area (Å²) in [5.74, 6) is -0.114. The predicted octanol–water partition coefficient (Wildman–Crippen LogP) is 3.03. The van der Waals surface area contributed by atoms with Crippen LogP contribution in [0.15, 0.2) is 59.7 Å². The number of nitrogens with one attached hydrogen (secondary N) is 1. The number of rotatable bonds is 6. The van der Waals surface area contributed by atoms with Crippen molar-refractivity contribution in [2.75, 3.05) is 6.54 Å². The van der Waals surface area contributed by atoms with Gasteiger partial charge in [-0.2, -0.15) is 5.10 Å². The Balaban J connectivity index is 1.53. The molecule has 2 amide bonds. The van der Waals surface area contributed by atoms with E-state index >= 15 is 0 Å². The second-order valence-corrected chi connectivity index (χ2v) is 6.44. The largest absolute Gasteiger partial charge is 0.352 e. The average molecular weight is 349 g/mol. The number of amides is 2. The minimum absolute atomic E-state index is 0.0315. The molecule has 5 nitrogen and oxygen atoms in total. The fraction of sp³-hybridized carbons (Fsp3) is 0.286. The number of aryl methyl sites for hydroxylation is 1. The van der Waals surface area contributed by atoms with E-state index in [1.165, 1.54) is 10.6 Å². The zero-order valence-corrected chi connectivity index (χ0v) is 14.9. The first-order valence-electron chi connectivity index (χ1n) is 8.87. The van der Waals surface area contributed by atoms with E-state index in [1.54, 1.807) is 0 Å². The van der Waals surface area contributed by atoms with Crippen LogP contribution in [0.4, 0.5) is 0 Å². The standard InChI is InChI=1S/C21H23N3O2/c1-16-7-9-17(10-8-16)15-22-20(25)13-14-24-21(26)12-11-19(23-24)18-5-3-2-4-6-18/h2-10H,11-15H2,1H3,(H,22,25). The number of carbonyl (C=O) groups excluding carboxylic acids is 2. The Kier molecular flexibility index (Phi) is 5.79. The highest BCUT2D eigenvalue weighted by Gasteiger charge is 2.21. The molecule has 3 rings (SSSR count). The summed E-state index contributed by atoms with van der Waals surface area (Å²) in [7, 11) is 0. The highest BCUT2D eigenvalue weighted by atomic mass is 16.2. The van der Waals surface area contributed by atoms with Gasteiger partial charge in [0.2, 0.25) is 11.8 Å².